The second-order valence-corrected chi connectivity index (χ2v) is 16.6. The van der Waals surface area contributed by atoms with Crippen LogP contribution in [0, 0.1) is 45.3 Å². The SMILES string of the molecule is C[C@]12C=C[C@H](O)CC1=CC=C1C2CC[C@@]2(C)C1CCC21OCCO1.C[C@]12C=C[C@H](O)CC1=CC=C1C2CC[C@]2(C)C(=O)CCC12. The number of carbonyl (C=O) groups excluding carboxylic acids is 1. The van der Waals surface area contributed by atoms with Crippen LogP contribution < -0.4 is 0 Å². The van der Waals surface area contributed by atoms with E-state index in [1.54, 1.807) is 5.57 Å². The molecule has 9 aliphatic rings. The van der Waals surface area contributed by atoms with Crippen molar-refractivity contribution in [2.24, 2.45) is 45.3 Å². The zero-order valence-corrected chi connectivity index (χ0v) is 27.7. The van der Waals surface area contributed by atoms with Crippen molar-refractivity contribution in [3.63, 3.8) is 0 Å². The van der Waals surface area contributed by atoms with Crippen molar-refractivity contribution in [3.8, 4) is 0 Å². The largest absolute Gasteiger partial charge is 0.389 e. The molecule has 242 valence electrons. The van der Waals surface area contributed by atoms with E-state index in [1.807, 2.05) is 12.2 Å². The molecule has 45 heavy (non-hydrogen) atoms. The van der Waals surface area contributed by atoms with Crippen LogP contribution in [0.2, 0.25) is 0 Å². The standard InChI is InChI=1S/C21H28O3.C19H24O2/c1-19-8-5-15(22)13-14(19)3-4-16-17(19)6-9-20(2)18(16)7-10-21(20)23-11-12-24-21;1-18-9-7-13(20)11-12(18)3-4-14-15-5-6-17(21)19(15,2)10-8-16(14)18/h3-5,8,15,17-18,22H,6-7,9-13H2,1-2H3;3-4,7,9,13,15-16,20H,5-6,8,10-11H2,1-2H3/t15-,17?,18?,19-,20-;13-,15?,16?,18-,19-/m00/s1. The first-order chi connectivity index (χ1) is 21.4. The number of rotatable bonds is 0. The van der Waals surface area contributed by atoms with Crippen molar-refractivity contribution >= 4 is 5.78 Å². The lowest BCUT2D eigenvalue weighted by Gasteiger charge is -2.54. The maximum absolute atomic E-state index is 12.3. The van der Waals surface area contributed by atoms with Gasteiger partial charge in [0.2, 0.25) is 0 Å². The van der Waals surface area contributed by atoms with Crippen LogP contribution in [0.5, 0.6) is 0 Å². The Morgan fingerprint density at radius 3 is 1.80 bits per heavy atom. The van der Waals surface area contributed by atoms with Gasteiger partial charge in [0.15, 0.2) is 5.79 Å². The molecule has 0 bridgehead atoms. The molecule has 5 nitrogen and oxygen atoms in total. The summed E-state index contributed by atoms with van der Waals surface area (Å²) in [6.07, 6.45) is 27.0. The quantitative estimate of drug-likeness (QED) is 0.280. The molecule has 1 heterocycles. The minimum atomic E-state index is -0.340. The van der Waals surface area contributed by atoms with Crippen LogP contribution >= 0.6 is 0 Å². The van der Waals surface area contributed by atoms with Crippen LogP contribution in [0.25, 0.3) is 0 Å². The normalized spacial score (nSPS) is 48.4. The fourth-order valence-electron chi connectivity index (χ4n) is 11.8. The van der Waals surface area contributed by atoms with Gasteiger partial charge in [0.05, 0.1) is 25.4 Å². The van der Waals surface area contributed by atoms with E-state index in [1.165, 1.54) is 36.0 Å². The predicted molar refractivity (Wildman–Crippen MR) is 175 cm³/mol. The van der Waals surface area contributed by atoms with E-state index < -0.39 is 0 Å². The van der Waals surface area contributed by atoms with E-state index in [2.05, 4.69) is 64.2 Å². The lowest BCUT2D eigenvalue weighted by Crippen LogP contribution is -2.51. The topological polar surface area (TPSA) is 76.0 Å². The summed E-state index contributed by atoms with van der Waals surface area (Å²) in [6, 6.07) is 0. The molecule has 5 heteroatoms. The van der Waals surface area contributed by atoms with Crippen molar-refractivity contribution in [2.75, 3.05) is 13.2 Å². The molecular formula is C40H52O5. The molecule has 4 saturated carbocycles. The van der Waals surface area contributed by atoms with Gasteiger partial charge in [-0.15, -0.1) is 0 Å². The molecule has 0 aromatic rings. The van der Waals surface area contributed by atoms with Crippen LogP contribution in [0.3, 0.4) is 0 Å². The Kier molecular flexibility index (Phi) is 6.88. The number of hydrogen-bond donors (Lipinski definition) is 2. The zero-order valence-electron chi connectivity index (χ0n) is 27.7. The van der Waals surface area contributed by atoms with Crippen molar-refractivity contribution in [2.45, 2.75) is 110 Å². The maximum atomic E-state index is 12.3. The van der Waals surface area contributed by atoms with Gasteiger partial charge in [0.25, 0.3) is 0 Å². The van der Waals surface area contributed by atoms with E-state index >= 15 is 0 Å². The summed E-state index contributed by atoms with van der Waals surface area (Å²) in [5.41, 5.74) is 5.99. The first-order valence-corrected chi connectivity index (χ1v) is 17.8. The highest BCUT2D eigenvalue weighted by molar-refractivity contribution is 5.88. The average Bonchev–Trinajstić information content (AvgIpc) is 3.71. The summed E-state index contributed by atoms with van der Waals surface area (Å²) in [6.45, 7) is 10.8. The van der Waals surface area contributed by atoms with Crippen LogP contribution in [0.1, 0.15) is 91.9 Å². The fourth-order valence-corrected chi connectivity index (χ4v) is 11.8. The van der Waals surface area contributed by atoms with Crippen molar-refractivity contribution in [1.29, 1.82) is 0 Å². The molecule has 10 atom stereocenters. The number of ketones is 1. The Morgan fingerprint density at radius 1 is 0.667 bits per heavy atom. The van der Waals surface area contributed by atoms with Gasteiger partial charge >= 0.3 is 0 Å². The van der Waals surface area contributed by atoms with Crippen LogP contribution in [-0.4, -0.2) is 47.2 Å². The van der Waals surface area contributed by atoms with E-state index in [4.69, 9.17) is 9.47 Å². The number of fused-ring (bicyclic) bond motifs is 11. The molecule has 8 aliphatic carbocycles. The lowest BCUT2D eigenvalue weighted by molar-refractivity contribution is -0.229. The van der Waals surface area contributed by atoms with Crippen LogP contribution in [0.15, 0.2) is 70.9 Å². The molecule has 0 aromatic heterocycles. The van der Waals surface area contributed by atoms with Gasteiger partial charge < -0.3 is 19.7 Å². The summed E-state index contributed by atoms with van der Waals surface area (Å²) < 4.78 is 12.4. The van der Waals surface area contributed by atoms with E-state index in [0.717, 1.165) is 58.2 Å². The first-order valence-electron chi connectivity index (χ1n) is 17.8. The Bertz CT molecular complexity index is 1470. The minimum absolute atomic E-state index is 0.0519. The highest BCUT2D eigenvalue weighted by atomic mass is 16.7. The third-order valence-electron chi connectivity index (χ3n) is 14.7. The number of aliphatic hydroxyl groups is 2. The summed E-state index contributed by atoms with van der Waals surface area (Å²) in [5, 5.41) is 19.9. The highest BCUT2D eigenvalue weighted by Gasteiger charge is 2.65. The van der Waals surface area contributed by atoms with Gasteiger partial charge in [-0.3, -0.25) is 4.79 Å². The Labute approximate surface area is 269 Å². The van der Waals surface area contributed by atoms with Crippen LogP contribution in [-0.2, 0) is 14.3 Å². The summed E-state index contributed by atoms with van der Waals surface area (Å²) >= 11 is 0. The molecule has 1 saturated heterocycles. The molecular weight excluding hydrogens is 560 g/mol. The number of Topliss-reactive ketones (excluding diaryl/α,β-unsaturated/α-hetero) is 1. The summed E-state index contributed by atoms with van der Waals surface area (Å²) in [4.78, 5) is 12.3. The number of ether oxygens (including phenoxy) is 2. The fraction of sp³-hybridized carbons (Fsp3) is 0.675. The number of carbonyl (C=O) groups is 1. The third kappa shape index (κ3) is 4.15. The van der Waals surface area contributed by atoms with Gasteiger partial charge in [-0.2, -0.15) is 0 Å². The molecule has 0 aromatic carbocycles. The molecule has 2 N–H and O–H groups in total. The molecule has 0 amide bonds. The van der Waals surface area contributed by atoms with E-state index in [-0.39, 0.29) is 39.7 Å². The van der Waals surface area contributed by atoms with E-state index in [9.17, 15) is 15.0 Å². The second kappa shape index (κ2) is 10.2. The monoisotopic (exact) mass is 612 g/mol. The Hall–Kier alpha value is -2.05. The first kappa shape index (κ1) is 30.3. The molecule has 9 rings (SSSR count). The predicted octanol–water partition coefficient (Wildman–Crippen LogP) is 7.32. The Morgan fingerprint density at radius 2 is 1.20 bits per heavy atom. The maximum Gasteiger partial charge on any atom is 0.174 e. The third-order valence-corrected chi connectivity index (χ3v) is 14.7. The molecule has 1 aliphatic heterocycles. The molecule has 5 fully saturated rings. The smallest absolute Gasteiger partial charge is 0.174 e. The number of hydrogen-bond acceptors (Lipinski definition) is 5. The summed E-state index contributed by atoms with van der Waals surface area (Å²) in [7, 11) is 0. The second-order valence-electron chi connectivity index (χ2n) is 16.6. The van der Waals surface area contributed by atoms with Crippen molar-refractivity contribution in [3.05, 3.63) is 70.9 Å². The molecule has 0 radical (unpaired) electrons. The Balaban J connectivity index is 0.000000135. The van der Waals surface area contributed by atoms with Gasteiger partial charge in [-0.25, -0.2) is 0 Å². The van der Waals surface area contributed by atoms with Crippen molar-refractivity contribution in [1.82, 2.24) is 0 Å². The highest BCUT2D eigenvalue weighted by Crippen LogP contribution is 2.67. The van der Waals surface area contributed by atoms with Gasteiger partial charge in [0.1, 0.15) is 5.78 Å². The van der Waals surface area contributed by atoms with Gasteiger partial charge in [-0.1, -0.05) is 98.6 Å². The molecule has 1 spiro atoms. The van der Waals surface area contributed by atoms with Crippen LogP contribution in [0.4, 0.5) is 0 Å². The van der Waals surface area contributed by atoms with Crippen molar-refractivity contribution < 1.29 is 24.5 Å². The number of aliphatic hydroxyl groups excluding tert-OH is 2. The lowest BCUT2D eigenvalue weighted by atomic mass is 9.52. The molecule has 4 unspecified atom stereocenters. The van der Waals surface area contributed by atoms with Gasteiger partial charge in [-0.05, 0) is 75.0 Å². The number of allylic oxidation sites excluding steroid dienone is 8. The zero-order chi connectivity index (χ0) is 31.4. The van der Waals surface area contributed by atoms with Gasteiger partial charge in [0, 0.05) is 34.5 Å². The average molecular weight is 613 g/mol. The minimum Gasteiger partial charge on any atom is -0.389 e. The van der Waals surface area contributed by atoms with E-state index in [0.29, 0.717) is 29.5 Å². The summed E-state index contributed by atoms with van der Waals surface area (Å²) in [5.74, 6) is 2.22.